The highest BCUT2D eigenvalue weighted by atomic mass is 35.5. The van der Waals surface area contributed by atoms with Crippen LogP contribution in [0.15, 0.2) is 24.3 Å². The molecule has 5 heteroatoms. The van der Waals surface area contributed by atoms with E-state index in [9.17, 15) is 4.79 Å². The van der Waals surface area contributed by atoms with Gasteiger partial charge in [0.2, 0.25) is 0 Å². The predicted molar refractivity (Wildman–Crippen MR) is 96.4 cm³/mol. The molecule has 1 amide bonds. The molecular weight excluding hydrogens is 312 g/mol. The zero-order valence-electron chi connectivity index (χ0n) is 14.2. The topological polar surface area (TPSA) is 55.6 Å². The van der Waals surface area contributed by atoms with Crippen molar-refractivity contribution < 1.29 is 9.53 Å². The van der Waals surface area contributed by atoms with Crippen molar-refractivity contribution >= 4 is 18.3 Å². The van der Waals surface area contributed by atoms with Gasteiger partial charge in [0, 0.05) is 24.7 Å². The van der Waals surface area contributed by atoms with E-state index in [0.29, 0.717) is 12.5 Å². The van der Waals surface area contributed by atoms with Crippen molar-refractivity contribution in [2.24, 2.45) is 11.7 Å². The molecule has 1 aliphatic rings. The maximum atomic E-state index is 12.7. The van der Waals surface area contributed by atoms with Crippen molar-refractivity contribution in [2.45, 2.75) is 45.6 Å². The van der Waals surface area contributed by atoms with E-state index in [1.807, 2.05) is 29.2 Å². The van der Waals surface area contributed by atoms with Gasteiger partial charge in [0.05, 0.1) is 6.61 Å². The second-order valence-corrected chi connectivity index (χ2v) is 6.24. The Hall–Kier alpha value is -1.26. The number of halogens is 1. The minimum Gasteiger partial charge on any atom is -0.494 e. The second-order valence-electron chi connectivity index (χ2n) is 6.24. The average Bonchev–Trinajstić information content (AvgIpc) is 2.55. The number of hydrogen-bond donors (Lipinski definition) is 1. The number of hydrogen-bond acceptors (Lipinski definition) is 3. The predicted octanol–water partition coefficient (Wildman–Crippen LogP) is 3.49. The Kier molecular flexibility index (Phi) is 8.42. The van der Waals surface area contributed by atoms with Crippen molar-refractivity contribution in [1.82, 2.24) is 4.90 Å². The molecule has 0 spiro atoms. The molecule has 4 nitrogen and oxygen atoms in total. The van der Waals surface area contributed by atoms with Crippen LogP contribution >= 0.6 is 12.4 Å². The lowest BCUT2D eigenvalue weighted by Gasteiger charge is -2.38. The van der Waals surface area contributed by atoms with Gasteiger partial charge < -0.3 is 15.4 Å². The summed E-state index contributed by atoms with van der Waals surface area (Å²) in [7, 11) is 0. The van der Waals surface area contributed by atoms with Crippen LogP contribution in [0.4, 0.5) is 0 Å². The van der Waals surface area contributed by atoms with E-state index in [1.165, 1.54) is 0 Å². The van der Waals surface area contributed by atoms with E-state index in [2.05, 4.69) is 13.8 Å². The van der Waals surface area contributed by atoms with Gasteiger partial charge in [0.25, 0.3) is 5.91 Å². The van der Waals surface area contributed by atoms with Crippen LogP contribution in [-0.4, -0.2) is 36.5 Å². The third-order valence-corrected chi connectivity index (χ3v) is 4.38. The normalized spacial score (nSPS) is 20.7. The number of nitrogens with two attached hydrogens (primary N) is 1. The number of piperidine rings is 1. The van der Waals surface area contributed by atoms with Gasteiger partial charge in [0.1, 0.15) is 5.75 Å². The Morgan fingerprint density at radius 1 is 1.35 bits per heavy atom. The first-order valence-corrected chi connectivity index (χ1v) is 8.39. The number of amides is 1. The van der Waals surface area contributed by atoms with Crippen LogP contribution in [0.2, 0.25) is 0 Å². The summed E-state index contributed by atoms with van der Waals surface area (Å²) in [5.41, 5.74) is 6.57. The summed E-state index contributed by atoms with van der Waals surface area (Å²) in [6.45, 7) is 6.43. The maximum absolute atomic E-state index is 12.7. The highest BCUT2D eigenvalue weighted by Crippen LogP contribution is 2.24. The SMILES string of the molecule is CCCCOc1ccc(C(=O)N2CCC(C)CC2CN)cc1.Cl. The van der Waals surface area contributed by atoms with E-state index in [4.69, 9.17) is 10.5 Å². The Bertz CT molecular complexity index is 478. The molecule has 0 aliphatic carbocycles. The molecule has 1 heterocycles. The summed E-state index contributed by atoms with van der Waals surface area (Å²) in [5.74, 6) is 1.56. The number of likely N-dealkylation sites (tertiary alicyclic amines) is 1. The van der Waals surface area contributed by atoms with Gasteiger partial charge in [0.15, 0.2) is 0 Å². The molecule has 23 heavy (non-hydrogen) atoms. The highest BCUT2D eigenvalue weighted by molar-refractivity contribution is 5.94. The van der Waals surface area contributed by atoms with Crippen LogP contribution in [0.25, 0.3) is 0 Å². The zero-order chi connectivity index (χ0) is 15.9. The lowest BCUT2D eigenvalue weighted by atomic mass is 9.92. The molecule has 2 unspecified atom stereocenters. The molecule has 2 atom stereocenters. The van der Waals surface area contributed by atoms with Crippen LogP contribution in [0.5, 0.6) is 5.75 Å². The number of rotatable bonds is 6. The van der Waals surface area contributed by atoms with E-state index in [0.717, 1.165) is 50.1 Å². The van der Waals surface area contributed by atoms with Gasteiger partial charge in [-0.3, -0.25) is 4.79 Å². The zero-order valence-corrected chi connectivity index (χ0v) is 15.0. The molecule has 0 aromatic heterocycles. The Labute approximate surface area is 145 Å². The first kappa shape index (κ1) is 19.8. The average molecular weight is 341 g/mol. The van der Waals surface area contributed by atoms with Gasteiger partial charge >= 0.3 is 0 Å². The molecule has 2 rings (SSSR count). The van der Waals surface area contributed by atoms with Crippen LogP contribution in [0.1, 0.15) is 49.9 Å². The second kappa shape index (κ2) is 9.78. The van der Waals surface area contributed by atoms with Gasteiger partial charge in [-0.05, 0) is 49.4 Å². The first-order chi connectivity index (χ1) is 10.7. The van der Waals surface area contributed by atoms with Crippen LogP contribution in [-0.2, 0) is 0 Å². The monoisotopic (exact) mass is 340 g/mol. The van der Waals surface area contributed by atoms with Gasteiger partial charge in [-0.25, -0.2) is 0 Å². The summed E-state index contributed by atoms with van der Waals surface area (Å²) >= 11 is 0. The molecular formula is C18H29ClN2O2. The molecule has 1 aromatic rings. The third-order valence-electron chi connectivity index (χ3n) is 4.38. The summed E-state index contributed by atoms with van der Waals surface area (Å²) < 4.78 is 5.64. The highest BCUT2D eigenvalue weighted by Gasteiger charge is 2.29. The number of unbranched alkanes of at least 4 members (excludes halogenated alkanes) is 1. The molecule has 130 valence electrons. The number of ether oxygens (including phenoxy) is 1. The van der Waals surface area contributed by atoms with Gasteiger partial charge in [-0.1, -0.05) is 20.3 Å². The quantitative estimate of drug-likeness (QED) is 0.806. The fraction of sp³-hybridized carbons (Fsp3) is 0.611. The van der Waals surface area contributed by atoms with Crippen molar-refractivity contribution in [1.29, 1.82) is 0 Å². The number of benzene rings is 1. The molecule has 1 aliphatic heterocycles. The summed E-state index contributed by atoms with van der Waals surface area (Å²) in [4.78, 5) is 14.6. The van der Waals surface area contributed by atoms with E-state index < -0.39 is 0 Å². The molecule has 1 saturated heterocycles. The fourth-order valence-corrected chi connectivity index (χ4v) is 2.94. The van der Waals surface area contributed by atoms with Gasteiger partial charge in [-0.15, -0.1) is 12.4 Å². The van der Waals surface area contributed by atoms with Crippen LogP contribution in [0, 0.1) is 5.92 Å². The maximum Gasteiger partial charge on any atom is 0.254 e. The van der Waals surface area contributed by atoms with E-state index in [1.54, 1.807) is 0 Å². The van der Waals surface area contributed by atoms with Crippen molar-refractivity contribution in [2.75, 3.05) is 19.7 Å². The summed E-state index contributed by atoms with van der Waals surface area (Å²) in [5, 5.41) is 0. The summed E-state index contributed by atoms with van der Waals surface area (Å²) in [6, 6.07) is 7.64. The van der Waals surface area contributed by atoms with E-state index in [-0.39, 0.29) is 24.4 Å². The fourth-order valence-electron chi connectivity index (χ4n) is 2.94. The van der Waals surface area contributed by atoms with Crippen molar-refractivity contribution in [3.8, 4) is 5.75 Å². The minimum atomic E-state index is 0. The molecule has 0 bridgehead atoms. The lowest BCUT2D eigenvalue weighted by molar-refractivity contribution is 0.0573. The Morgan fingerprint density at radius 2 is 2.04 bits per heavy atom. The molecule has 1 aromatic carbocycles. The van der Waals surface area contributed by atoms with Gasteiger partial charge in [-0.2, -0.15) is 0 Å². The third kappa shape index (κ3) is 5.40. The van der Waals surface area contributed by atoms with Crippen molar-refractivity contribution in [3.63, 3.8) is 0 Å². The molecule has 2 N–H and O–H groups in total. The van der Waals surface area contributed by atoms with Crippen LogP contribution < -0.4 is 10.5 Å². The number of carbonyl (C=O) groups is 1. The Morgan fingerprint density at radius 3 is 2.65 bits per heavy atom. The Balaban J connectivity index is 0.00000264. The lowest BCUT2D eigenvalue weighted by Crippen LogP contribution is -2.49. The largest absolute Gasteiger partial charge is 0.494 e. The number of carbonyl (C=O) groups excluding carboxylic acids is 1. The first-order valence-electron chi connectivity index (χ1n) is 8.39. The minimum absolute atomic E-state index is 0. The van der Waals surface area contributed by atoms with E-state index >= 15 is 0 Å². The number of nitrogens with zero attached hydrogens (tertiary/aromatic N) is 1. The summed E-state index contributed by atoms with van der Waals surface area (Å²) in [6.07, 6.45) is 4.22. The smallest absolute Gasteiger partial charge is 0.254 e. The molecule has 0 saturated carbocycles. The molecule has 0 radical (unpaired) electrons. The standard InChI is InChI=1S/C18H28N2O2.ClH/c1-3-4-11-22-17-7-5-15(6-8-17)18(21)20-10-9-14(2)12-16(20)13-19;/h5-8,14,16H,3-4,9-13,19H2,1-2H3;1H. The van der Waals surface area contributed by atoms with Crippen molar-refractivity contribution in [3.05, 3.63) is 29.8 Å². The van der Waals surface area contributed by atoms with Crippen LogP contribution in [0.3, 0.4) is 0 Å². The molecule has 1 fully saturated rings.